The van der Waals surface area contributed by atoms with Crippen molar-refractivity contribution >= 4 is 6.03 Å². The van der Waals surface area contributed by atoms with Crippen molar-refractivity contribution in [1.29, 1.82) is 0 Å². The molecule has 0 aliphatic rings. The van der Waals surface area contributed by atoms with E-state index in [4.69, 9.17) is 9.47 Å². The van der Waals surface area contributed by atoms with E-state index in [2.05, 4.69) is 10.6 Å². The highest BCUT2D eigenvalue weighted by atomic mass is 16.5. The van der Waals surface area contributed by atoms with Crippen LogP contribution < -0.4 is 20.1 Å². The highest BCUT2D eigenvalue weighted by molar-refractivity contribution is 5.74. The van der Waals surface area contributed by atoms with E-state index >= 15 is 0 Å². The number of hydrogen-bond acceptors (Lipinski definition) is 3. The SMILES string of the molecule is COc1ccc(OCCNC(=O)NC(C)c2ccccc2)cc1. The molecule has 2 N–H and O–H groups in total. The minimum absolute atomic E-state index is 0.0429. The smallest absolute Gasteiger partial charge is 0.315 e. The summed E-state index contributed by atoms with van der Waals surface area (Å²) in [7, 11) is 1.62. The number of methoxy groups -OCH3 is 1. The van der Waals surface area contributed by atoms with Gasteiger partial charge in [-0.25, -0.2) is 4.79 Å². The first-order chi connectivity index (χ1) is 11.2. The second-order valence-corrected chi connectivity index (χ2v) is 5.06. The standard InChI is InChI=1S/C18H22N2O3/c1-14(15-6-4-3-5-7-15)20-18(21)19-12-13-23-17-10-8-16(22-2)9-11-17/h3-11,14H,12-13H2,1-2H3,(H2,19,20,21). The Kier molecular flexibility index (Phi) is 6.29. The molecule has 0 saturated heterocycles. The topological polar surface area (TPSA) is 59.6 Å². The van der Waals surface area contributed by atoms with Crippen LogP contribution in [-0.2, 0) is 0 Å². The third-order valence-electron chi connectivity index (χ3n) is 3.36. The molecule has 0 aromatic heterocycles. The van der Waals surface area contributed by atoms with Crippen molar-refractivity contribution in [2.75, 3.05) is 20.3 Å². The molecule has 1 atom stereocenters. The minimum atomic E-state index is -0.209. The Balaban J connectivity index is 1.66. The number of benzene rings is 2. The van der Waals surface area contributed by atoms with Crippen molar-refractivity contribution in [3.05, 3.63) is 60.2 Å². The van der Waals surface area contributed by atoms with E-state index in [1.165, 1.54) is 0 Å². The minimum Gasteiger partial charge on any atom is -0.497 e. The van der Waals surface area contributed by atoms with Crippen LogP contribution in [0.2, 0.25) is 0 Å². The van der Waals surface area contributed by atoms with Gasteiger partial charge >= 0.3 is 6.03 Å². The zero-order valence-corrected chi connectivity index (χ0v) is 13.4. The zero-order chi connectivity index (χ0) is 16.5. The summed E-state index contributed by atoms with van der Waals surface area (Å²) >= 11 is 0. The Labute approximate surface area is 136 Å². The van der Waals surface area contributed by atoms with Crippen molar-refractivity contribution in [2.24, 2.45) is 0 Å². The molecule has 0 spiro atoms. The van der Waals surface area contributed by atoms with Crippen LogP contribution in [0.25, 0.3) is 0 Å². The lowest BCUT2D eigenvalue weighted by Gasteiger charge is -2.15. The lowest BCUT2D eigenvalue weighted by Crippen LogP contribution is -2.38. The van der Waals surface area contributed by atoms with Gasteiger partial charge in [0.05, 0.1) is 19.7 Å². The molecule has 0 aliphatic heterocycles. The lowest BCUT2D eigenvalue weighted by atomic mass is 10.1. The van der Waals surface area contributed by atoms with Gasteiger partial charge in [-0.1, -0.05) is 30.3 Å². The Morgan fingerprint density at radius 2 is 1.70 bits per heavy atom. The zero-order valence-electron chi connectivity index (χ0n) is 13.4. The number of hydrogen-bond donors (Lipinski definition) is 2. The maximum Gasteiger partial charge on any atom is 0.315 e. The summed E-state index contributed by atoms with van der Waals surface area (Å²) in [6, 6.07) is 16.9. The Morgan fingerprint density at radius 3 is 2.35 bits per heavy atom. The van der Waals surface area contributed by atoms with Crippen molar-refractivity contribution in [3.63, 3.8) is 0 Å². The number of rotatable bonds is 7. The van der Waals surface area contributed by atoms with Gasteiger partial charge in [-0.15, -0.1) is 0 Å². The number of nitrogens with one attached hydrogen (secondary N) is 2. The first-order valence-electron chi connectivity index (χ1n) is 7.55. The third kappa shape index (κ3) is 5.54. The van der Waals surface area contributed by atoms with Crippen molar-refractivity contribution < 1.29 is 14.3 Å². The van der Waals surface area contributed by atoms with Gasteiger partial charge in [0.25, 0.3) is 0 Å². The monoisotopic (exact) mass is 314 g/mol. The van der Waals surface area contributed by atoms with Gasteiger partial charge in [-0.05, 0) is 36.8 Å². The molecule has 122 valence electrons. The Bertz CT molecular complexity index is 599. The molecule has 2 aromatic carbocycles. The van der Waals surface area contributed by atoms with Crippen LogP contribution in [0, 0.1) is 0 Å². The van der Waals surface area contributed by atoms with Crippen LogP contribution in [0.15, 0.2) is 54.6 Å². The second-order valence-electron chi connectivity index (χ2n) is 5.06. The number of carbonyl (C=O) groups excluding carboxylic acids is 1. The second kappa shape index (κ2) is 8.68. The van der Waals surface area contributed by atoms with Gasteiger partial charge in [-0.2, -0.15) is 0 Å². The fraction of sp³-hybridized carbons (Fsp3) is 0.278. The summed E-state index contributed by atoms with van der Waals surface area (Å²) in [5, 5.41) is 5.66. The normalized spacial score (nSPS) is 11.4. The van der Waals surface area contributed by atoms with Gasteiger partial charge in [0.2, 0.25) is 0 Å². The average Bonchev–Trinajstić information content (AvgIpc) is 2.60. The number of carbonyl (C=O) groups is 1. The summed E-state index contributed by atoms with van der Waals surface area (Å²) < 4.78 is 10.6. The fourth-order valence-electron chi connectivity index (χ4n) is 2.08. The first kappa shape index (κ1) is 16.7. The molecule has 23 heavy (non-hydrogen) atoms. The van der Waals surface area contributed by atoms with E-state index in [9.17, 15) is 4.79 Å². The quantitative estimate of drug-likeness (QED) is 0.772. The molecule has 2 amide bonds. The molecule has 5 heteroatoms. The van der Waals surface area contributed by atoms with E-state index in [-0.39, 0.29) is 12.1 Å². The number of urea groups is 1. The van der Waals surface area contributed by atoms with Crippen LogP contribution >= 0.6 is 0 Å². The maximum absolute atomic E-state index is 11.8. The van der Waals surface area contributed by atoms with E-state index in [0.29, 0.717) is 13.2 Å². The predicted octanol–water partition coefficient (Wildman–Crippen LogP) is 3.13. The highest BCUT2D eigenvalue weighted by Crippen LogP contribution is 2.16. The summed E-state index contributed by atoms with van der Waals surface area (Å²) in [6.07, 6.45) is 0. The van der Waals surface area contributed by atoms with Crippen LogP contribution in [-0.4, -0.2) is 26.3 Å². The summed E-state index contributed by atoms with van der Waals surface area (Å²) in [4.78, 5) is 11.8. The molecule has 0 saturated carbocycles. The average molecular weight is 314 g/mol. The lowest BCUT2D eigenvalue weighted by molar-refractivity contribution is 0.233. The summed E-state index contributed by atoms with van der Waals surface area (Å²) in [5.74, 6) is 1.52. The molecular formula is C18H22N2O3. The van der Waals surface area contributed by atoms with Crippen LogP contribution in [0.5, 0.6) is 11.5 Å². The Hall–Kier alpha value is -2.69. The molecule has 0 fully saturated rings. The molecule has 0 radical (unpaired) electrons. The van der Waals surface area contributed by atoms with Crippen LogP contribution in [0.3, 0.4) is 0 Å². The van der Waals surface area contributed by atoms with Gasteiger partial charge < -0.3 is 20.1 Å². The maximum atomic E-state index is 11.8. The van der Waals surface area contributed by atoms with E-state index in [1.54, 1.807) is 7.11 Å². The summed E-state index contributed by atoms with van der Waals surface area (Å²) in [6.45, 7) is 2.78. The largest absolute Gasteiger partial charge is 0.497 e. The molecule has 5 nitrogen and oxygen atoms in total. The number of ether oxygens (including phenoxy) is 2. The molecule has 2 rings (SSSR count). The molecule has 0 aliphatic carbocycles. The van der Waals surface area contributed by atoms with E-state index in [0.717, 1.165) is 17.1 Å². The van der Waals surface area contributed by atoms with E-state index < -0.39 is 0 Å². The first-order valence-corrected chi connectivity index (χ1v) is 7.55. The van der Waals surface area contributed by atoms with Crippen LogP contribution in [0.4, 0.5) is 4.79 Å². The highest BCUT2D eigenvalue weighted by Gasteiger charge is 2.08. The van der Waals surface area contributed by atoms with Gasteiger partial charge in [0.1, 0.15) is 18.1 Å². The third-order valence-corrected chi connectivity index (χ3v) is 3.36. The molecule has 0 bridgehead atoms. The van der Waals surface area contributed by atoms with Gasteiger partial charge in [0, 0.05) is 0 Å². The van der Waals surface area contributed by atoms with Crippen molar-refractivity contribution in [3.8, 4) is 11.5 Å². The number of amides is 2. The van der Waals surface area contributed by atoms with Crippen molar-refractivity contribution in [1.82, 2.24) is 10.6 Å². The molecular weight excluding hydrogens is 292 g/mol. The van der Waals surface area contributed by atoms with Crippen LogP contribution in [0.1, 0.15) is 18.5 Å². The Morgan fingerprint density at radius 1 is 1.04 bits per heavy atom. The van der Waals surface area contributed by atoms with Crippen molar-refractivity contribution in [2.45, 2.75) is 13.0 Å². The molecule has 1 unspecified atom stereocenters. The fourth-order valence-corrected chi connectivity index (χ4v) is 2.08. The summed E-state index contributed by atoms with van der Waals surface area (Å²) in [5.41, 5.74) is 1.07. The predicted molar refractivity (Wildman–Crippen MR) is 89.9 cm³/mol. The molecule has 0 heterocycles. The van der Waals surface area contributed by atoms with Gasteiger partial charge in [-0.3, -0.25) is 0 Å². The van der Waals surface area contributed by atoms with Gasteiger partial charge in [0.15, 0.2) is 0 Å². The van der Waals surface area contributed by atoms with E-state index in [1.807, 2.05) is 61.5 Å². The molecule has 2 aromatic rings.